The number of nitrogens with zero attached hydrogens (tertiary/aromatic N) is 3. The van der Waals surface area contributed by atoms with Crippen molar-refractivity contribution >= 4 is 34.1 Å². The van der Waals surface area contributed by atoms with Crippen LogP contribution in [0.4, 0.5) is 11.5 Å². The van der Waals surface area contributed by atoms with Crippen LogP contribution < -0.4 is 10.9 Å². The second kappa shape index (κ2) is 5.77. The summed E-state index contributed by atoms with van der Waals surface area (Å²) in [7, 11) is 0. The van der Waals surface area contributed by atoms with Crippen molar-refractivity contribution in [1.82, 2.24) is 14.5 Å². The molecule has 0 spiro atoms. The van der Waals surface area contributed by atoms with Gasteiger partial charge in [0.25, 0.3) is 5.56 Å². The predicted molar refractivity (Wildman–Crippen MR) is 88.9 cm³/mol. The van der Waals surface area contributed by atoms with E-state index in [1.807, 2.05) is 26.0 Å². The molecule has 1 N–H and O–H groups in total. The van der Waals surface area contributed by atoms with Crippen molar-refractivity contribution in [2.24, 2.45) is 0 Å². The number of aromatic nitrogens is 3. The minimum Gasteiger partial charge on any atom is -0.336 e. The van der Waals surface area contributed by atoms with Gasteiger partial charge in [0.05, 0.1) is 17.2 Å². The summed E-state index contributed by atoms with van der Waals surface area (Å²) in [4.78, 5) is 21.0. The molecule has 6 heteroatoms. The van der Waals surface area contributed by atoms with E-state index in [4.69, 9.17) is 11.6 Å². The number of nitrogens with one attached hydrogen (secondary N) is 1. The summed E-state index contributed by atoms with van der Waals surface area (Å²) in [6.45, 7) is 4.39. The lowest BCUT2D eigenvalue weighted by molar-refractivity contribution is 0.754. The van der Waals surface area contributed by atoms with Gasteiger partial charge in [-0.1, -0.05) is 17.7 Å². The third-order valence-electron chi connectivity index (χ3n) is 3.50. The van der Waals surface area contributed by atoms with Crippen LogP contribution in [0.5, 0.6) is 0 Å². The molecule has 3 rings (SSSR count). The standard InChI is InChI=1S/C16H15ClN4O/c1-3-21-14-9-18-7-6-13(14)20-15(16(21)22)19-11-5-4-10(2)12(17)8-11/h4-9H,3H2,1-2H3,(H,19,20). The molecule has 5 nitrogen and oxygen atoms in total. The van der Waals surface area contributed by atoms with Crippen molar-refractivity contribution in [3.8, 4) is 0 Å². The molecule has 0 aliphatic rings. The summed E-state index contributed by atoms with van der Waals surface area (Å²) in [5, 5.41) is 3.70. The lowest BCUT2D eigenvalue weighted by Gasteiger charge is -2.11. The molecule has 2 heterocycles. The van der Waals surface area contributed by atoms with E-state index in [-0.39, 0.29) is 11.4 Å². The molecule has 112 valence electrons. The van der Waals surface area contributed by atoms with E-state index >= 15 is 0 Å². The molecule has 22 heavy (non-hydrogen) atoms. The van der Waals surface area contributed by atoms with Crippen LogP contribution >= 0.6 is 11.6 Å². The molecule has 0 saturated heterocycles. The number of hydrogen-bond donors (Lipinski definition) is 1. The van der Waals surface area contributed by atoms with Gasteiger partial charge in [-0.3, -0.25) is 9.78 Å². The Morgan fingerprint density at radius 1 is 1.32 bits per heavy atom. The minimum atomic E-state index is -0.181. The Labute approximate surface area is 132 Å². The van der Waals surface area contributed by atoms with E-state index in [2.05, 4.69) is 15.3 Å². The highest BCUT2D eigenvalue weighted by Crippen LogP contribution is 2.22. The number of halogens is 1. The molecule has 0 atom stereocenters. The Hall–Kier alpha value is -2.40. The highest BCUT2D eigenvalue weighted by atomic mass is 35.5. The third kappa shape index (κ3) is 2.55. The van der Waals surface area contributed by atoms with Gasteiger partial charge in [0, 0.05) is 23.5 Å². The molecule has 1 aromatic carbocycles. The molecule has 0 unspecified atom stereocenters. The highest BCUT2D eigenvalue weighted by molar-refractivity contribution is 6.31. The number of pyridine rings is 1. The van der Waals surface area contributed by atoms with Crippen LogP contribution in [-0.2, 0) is 6.54 Å². The average Bonchev–Trinajstić information content (AvgIpc) is 2.52. The van der Waals surface area contributed by atoms with Crippen molar-refractivity contribution < 1.29 is 0 Å². The largest absolute Gasteiger partial charge is 0.336 e. The normalized spacial score (nSPS) is 10.9. The molecular weight excluding hydrogens is 300 g/mol. The van der Waals surface area contributed by atoms with Gasteiger partial charge in [-0.05, 0) is 37.6 Å². The second-order valence-corrected chi connectivity index (χ2v) is 5.37. The number of aryl methyl sites for hydroxylation is 2. The zero-order valence-corrected chi connectivity index (χ0v) is 13.1. The summed E-state index contributed by atoms with van der Waals surface area (Å²) in [5.74, 6) is 0.278. The maximum absolute atomic E-state index is 12.5. The van der Waals surface area contributed by atoms with E-state index in [0.717, 1.165) is 22.3 Å². The van der Waals surface area contributed by atoms with E-state index in [9.17, 15) is 4.79 Å². The molecule has 0 aliphatic heterocycles. The number of fused-ring (bicyclic) bond motifs is 1. The Kier molecular flexibility index (Phi) is 3.81. The zero-order chi connectivity index (χ0) is 15.7. The van der Waals surface area contributed by atoms with Crippen LogP contribution in [0.2, 0.25) is 5.02 Å². The zero-order valence-electron chi connectivity index (χ0n) is 12.3. The molecule has 0 bridgehead atoms. The number of anilines is 2. The smallest absolute Gasteiger partial charge is 0.294 e. The Morgan fingerprint density at radius 2 is 2.14 bits per heavy atom. The maximum Gasteiger partial charge on any atom is 0.294 e. The summed E-state index contributed by atoms with van der Waals surface area (Å²) >= 11 is 6.12. The van der Waals surface area contributed by atoms with Gasteiger partial charge in [0.1, 0.15) is 0 Å². The number of hydrogen-bond acceptors (Lipinski definition) is 4. The first kappa shape index (κ1) is 14.5. The monoisotopic (exact) mass is 314 g/mol. The number of benzene rings is 1. The Balaban J connectivity index is 2.12. The third-order valence-corrected chi connectivity index (χ3v) is 3.91. The second-order valence-electron chi connectivity index (χ2n) is 4.96. The molecule has 0 fully saturated rings. The van der Waals surface area contributed by atoms with Crippen LogP contribution in [-0.4, -0.2) is 14.5 Å². The van der Waals surface area contributed by atoms with Gasteiger partial charge in [-0.25, -0.2) is 4.98 Å². The van der Waals surface area contributed by atoms with E-state index in [1.54, 1.807) is 29.1 Å². The topological polar surface area (TPSA) is 59.8 Å². The lowest BCUT2D eigenvalue weighted by atomic mass is 10.2. The number of rotatable bonds is 3. The fraction of sp³-hybridized carbons (Fsp3) is 0.188. The quantitative estimate of drug-likeness (QED) is 0.803. The predicted octanol–water partition coefficient (Wildman–Crippen LogP) is 3.52. The SMILES string of the molecule is CCn1c(=O)c(Nc2ccc(C)c(Cl)c2)nc2ccncc21. The first-order chi connectivity index (χ1) is 10.6. The van der Waals surface area contributed by atoms with E-state index in [1.165, 1.54) is 0 Å². The van der Waals surface area contributed by atoms with Crippen molar-refractivity contribution in [2.45, 2.75) is 20.4 Å². The lowest BCUT2D eigenvalue weighted by Crippen LogP contribution is -2.23. The average molecular weight is 315 g/mol. The Morgan fingerprint density at radius 3 is 2.86 bits per heavy atom. The van der Waals surface area contributed by atoms with Crippen molar-refractivity contribution in [3.63, 3.8) is 0 Å². The van der Waals surface area contributed by atoms with Crippen LogP contribution in [0, 0.1) is 6.92 Å². The van der Waals surface area contributed by atoms with Crippen molar-refractivity contribution in [2.75, 3.05) is 5.32 Å². The minimum absolute atomic E-state index is 0.181. The molecular formula is C16H15ClN4O. The van der Waals surface area contributed by atoms with Crippen LogP contribution in [0.3, 0.4) is 0 Å². The summed E-state index contributed by atoms with van der Waals surface area (Å²) < 4.78 is 1.65. The van der Waals surface area contributed by atoms with Gasteiger partial charge in [-0.2, -0.15) is 0 Å². The molecule has 0 radical (unpaired) electrons. The fourth-order valence-corrected chi connectivity index (χ4v) is 2.47. The molecule has 0 saturated carbocycles. The van der Waals surface area contributed by atoms with Crippen LogP contribution in [0.1, 0.15) is 12.5 Å². The molecule has 0 aliphatic carbocycles. The maximum atomic E-state index is 12.5. The summed E-state index contributed by atoms with van der Waals surface area (Å²) in [6.07, 6.45) is 3.31. The highest BCUT2D eigenvalue weighted by Gasteiger charge is 2.10. The fourth-order valence-electron chi connectivity index (χ4n) is 2.29. The van der Waals surface area contributed by atoms with Crippen LogP contribution in [0.25, 0.3) is 11.0 Å². The van der Waals surface area contributed by atoms with Crippen molar-refractivity contribution in [3.05, 3.63) is 57.6 Å². The summed E-state index contributed by atoms with van der Waals surface area (Å²) in [6, 6.07) is 7.34. The first-order valence-electron chi connectivity index (χ1n) is 6.98. The van der Waals surface area contributed by atoms with E-state index < -0.39 is 0 Å². The van der Waals surface area contributed by atoms with Crippen LogP contribution in [0.15, 0.2) is 41.5 Å². The van der Waals surface area contributed by atoms with Gasteiger partial charge >= 0.3 is 0 Å². The van der Waals surface area contributed by atoms with Crippen molar-refractivity contribution in [1.29, 1.82) is 0 Å². The Bertz CT molecular complexity index is 904. The van der Waals surface area contributed by atoms with Gasteiger partial charge in [0.2, 0.25) is 0 Å². The first-order valence-corrected chi connectivity index (χ1v) is 7.35. The van der Waals surface area contributed by atoms with Gasteiger partial charge < -0.3 is 9.88 Å². The molecule has 0 amide bonds. The molecule has 3 aromatic rings. The summed E-state index contributed by atoms with van der Waals surface area (Å²) in [5.41, 5.74) is 2.98. The molecule has 2 aromatic heterocycles. The van der Waals surface area contributed by atoms with Gasteiger partial charge in [0.15, 0.2) is 5.82 Å². The van der Waals surface area contributed by atoms with E-state index in [0.29, 0.717) is 11.6 Å². The van der Waals surface area contributed by atoms with Gasteiger partial charge in [-0.15, -0.1) is 0 Å².